The fourth-order valence-electron chi connectivity index (χ4n) is 2.45. The third kappa shape index (κ3) is 6.39. The molecule has 1 aliphatic carbocycles. The summed E-state index contributed by atoms with van der Waals surface area (Å²) in [7, 11) is 0. The van der Waals surface area contributed by atoms with Gasteiger partial charge in [-0.2, -0.15) is 0 Å². The number of thiazole rings is 1. The second-order valence-electron chi connectivity index (χ2n) is 5.23. The van der Waals surface area contributed by atoms with E-state index in [1.165, 1.54) is 37.1 Å². The third-order valence-corrected chi connectivity index (χ3v) is 4.48. The number of aliphatic imine (C=N–C) groups is 1. The molecule has 1 saturated carbocycles. The summed E-state index contributed by atoms with van der Waals surface area (Å²) in [4.78, 5) is 8.84. The molecule has 114 valence electrons. The lowest BCUT2D eigenvalue weighted by molar-refractivity contribution is 0.412. The number of aryl methyl sites for hydroxylation is 2. The molecule has 1 aliphatic rings. The van der Waals surface area contributed by atoms with E-state index < -0.39 is 0 Å². The van der Waals surface area contributed by atoms with Crippen molar-refractivity contribution in [3.8, 4) is 0 Å². The zero-order valence-electron chi connectivity index (χ0n) is 12.1. The van der Waals surface area contributed by atoms with Gasteiger partial charge in [-0.3, -0.25) is 4.99 Å². The van der Waals surface area contributed by atoms with Gasteiger partial charge in [-0.1, -0.05) is 19.3 Å². The Bertz CT molecular complexity index is 413. The fraction of sp³-hybridized carbons (Fsp3) is 0.714. The van der Waals surface area contributed by atoms with Crippen LogP contribution in [0.5, 0.6) is 0 Å². The highest BCUT2D eigenvalue weighted by Gasteiger charge is 2.13. The van der Waals surface area contributed by atoms with Gasteiger partial charge in [0.25, 0.3) is 0 Å². The summed E-state index contributed by atoms with van der Waals surface area (Å²) in [5.74, 6) is 0.613. The summed E-state index contributed by atoms with van der Waals surface area (Å²) in [6, 6.07) is 0.541. The number of nitrogens with zero attached hydrogens (tertiary/aromatic N) is 2. The molecule has 3 N–H and O–H groups in total. The molecule has 0 atom stereocenters. The first kappa shape index (κ1) is 17.7. The van der Waals surface area contributed by atoms with E-state index >= 15 is 0 Å². The molecule has 0 saturated heterocycles. The second kappa shape index (κ2) is 9.55. The van der Waals surface area contributed by atoms with Gasteiger partial charge < -0.3 is 11.1 Å². The molecule has 0 bridgehead atoms. The van der Waals surface area contributed by atoms with Crippen LogP contribution in [0.3, 0.4) is 0 Å². The summed E-state index contributed by atoms with van der Waals surface area (Å²) >= 11 is 1.73. The van der Waals surface area contributed by atoms with E-state index in [1.54, 1.807) is 11.3 Å². The molecular weight excluding hydrogens is 383 g/mol. The second-order valence-corrected chi connectivity index (χ2v) is 6.18. The van der Waals surface area contributed by atoms with E-state index in [-0.39, 0.29) is 24.0 Å². The number of halogens is 1. The van der Waals surface area contributed by atoms with E-state index in [0.717, 1.165) is 25.1 Å². The number of rotatable bonds is 5. The number of guanidine groups is 1. The van der Waals surface area contributed by atoms with Gasteiger partial charge in [-0.25, -0.2) is 4.98 Å². The van der Waals surface area contributed by atoms with Crippen LogP contribution >= 0.6 is 35.3 Å². The Kier molecular flexibility index (Phi) is 8.44. The van der Waals surface area contributed by atoms with Gasteiger partial charge >= 0.3 is 0 Å². The monoisotopic (exact) mass is 408 g/mol. The Morgan fingerprint density at radius 1 is 1.45 bits per heavy atom. The molecule has 1 aromatic heterocycles. The average molecular weight is 408 g/mol. The van der Waals surface area contributed by atoms with E-state index in [9.17, 15) is 0 Å². The zero-order chi connectivity index (χ0) is 13.5. The lowest BCUT2D eigenvalue weighted by Gasteiger charge is -2.23. The van der Waals surface area contributed by atoms with Crippen molar-refractivity contribution >= 4 is 41.3 Å². The Morgan fingerprint density at radius 3 is 2.85 bits per heavy atom. The molecule has 1 fully saturated rings. The number of nitrogens with one attached hydrogen (secondary N) is 1. The van der Waals surface area contributed by atoms with Gasteiger partial charge in [-0.15, -0.1) is 35.3 Å². The molecule has 2 rings (SSSR count). The van der Waals surface area contributed by atoms with Gasteiger partial charge in [-0.05, 0) is 26.2 Å². The Hall–Kier alpha value is -0.370. The molecular formula is C14H25IN4S. The van der Waals surface area contributed by atoms with Crippen LogP contribution in [-0.4, -0.2) is 23.5 Å². The number of hydrogen-bond donors (Lipinski definition) is 2. The maximum absolute atomic E-state index is 5.91. The smallest absolute Gasteiger partial charge is 0.188 e. The largest absolute Gasteiger partial charge is 0.370 e. The molecule has 0 radical (unpaired) electrons. The van der Waals surface area contributed by atoms with Crippen LogP contribution in [0.4, 0.5) is 0 Å². The number of nitrogens with two attached hydrogens (primary N) is 1. The summed E-state index contributed by atoms with van der Waals surface area (Å²) < 4.78 is 0. The third-order valence-electron chi connectivity index (χ3n) is 3.45. The predicted molar refractivity (Wildman–Crippen MR) is 97.1 cm³/mol. The van der Waals surface area contributed by atoms with Gasteiger partial charge in [0.1, 0.15) is 0 Å². The standard InChI is InChI=1S/C14H24N4S.HI/c1-11-10-19-13(17-11)8-5-9-16-14(15)18-12-6-3-2-4-7-12;/h10,12H,2-9H2,1H3,(H3,15,16,18);1H. The predicted octanol–water partition coefficient (Wildman–Crippen LogP) is 3.24. The summed E-state index contributed by atoms with van der Waals surface area (Å²) in [6.07, 6.45) is 8.47. The van der Waals surface area contributed by atoms with Crippen LogP contribution in [0.15, 0.2) is 10.4 Å². The minimum Gasteiger partial charge on any atom is -0.370 e. The molecule has 0 aliphatic heterocycles. The molecule has 0 unspecified atom stereocenters. The molecule has 1 aromatic rings. The summed E-state index contributed by atoms with van der Waals surface area (Å²) in [5.41, 5.74) is 7.03. The average Bonchev–Trinajstić information content (AvgIpc) is 2.82. The van der Waals surface area contributed by atoms with Crippen molar-refractivity contribution in [3.05, 3.63) is 16.1 Å². The first-order valence-electron chi connectivity index (χ1n) is 7.21. The molecule has 0 amide bonds. The van der Waals surface area contributed by atoms with Gasteiger partial charge in [0.05, 0.1) is 5.01 Å². The number of hydrogen-bond acceptors (Lipinski definition) is 3. The van der Waals surface area contributed by atoms with Crippen molar-refractivity contribution in [3.63, 3.8) is 0 Å². The van der Waals surface area contributed by atoms with Crippen molar-refractivity contribution in [1.82, 2.24) is 10.3 Å². The van der Waals surface area contributed by atoms with Gasteiger partial charge in [0, 0.05) is 30.1 Å². The SMILES string of the molecule is Cc1csc(CCCN=C(N)NC2CCCCC2)n1.I. The van der Waals surface area contributed by atoms with E-state index in [1.807, 2.05) is 6.92 Å². The maximum atomic E-state index is 5.91. The van der Waals surface area contributed by atoms with Crippen LogP contribution in [0, 0.1) is 6.92 Å². The topological polar surface area (TPSA) is 63.3 Å². The molecule has 1 heterocycles. The van der Waals surface area contributed by atoms with Crippen molar-refractivity contribution in [2.24, 2.45) is 10.7 Å². The molecule has 6 heteroatoms. The van der Waals surface area contributed by atoms with Crippen LogP contribution in [0.2, 0.25) is 0 Å². The summed E-state index contributed by atoms with van der Waals surface area (Å²) in [6.45, 7) is 2.81. The fourth-order valence-corrected chi connectivity index (χ4v) is 3.27. The first-order chi connectivity index (χ1) is 9.24. The minimum absolute atomic E-state index is 0. The maximum Gasteiger partial charge on any atom is 0.188 e. The van der Waals surface area contributed by atoms with E-state index in [2.05, 4.69) is 20.7 Å². The molecule has 0 aromatic carbocycles. The van der Waals surface area contributed by atoms with E-state index in [0.29, 0.717) is 12.0 Å². The summed E-state index contributed by atoms with van der Waals surface area (Å²) in [5, 5.41) is 6.63. The Morgan fingerprint density at radius 2 is 2.20 bits per heavy atom. The highest BCUT2D eigenvalue weighted by Crippen LogP contribution is 2.17. The zero-order valence-corrected chi connectivity index (χ0v) is 15.2. The van der Waals surface area contributed by atoms with E-state index in [4.69, 9.17) is 5.73 Å². The van der Waals surface area contributed by atoms with Crippen LogP contribution in [0.1, 0.15) is 49.2 Å². The van der Waals surface area contributed by atoms with Gasteiger partial charge in [0.2, 0.25) is 0 Å². The van der Waals surface area contributed by atoms with Crippen LogP contribution < -0.4 is 11.1 Å². The van der Waals surface area contributed by atoms with Crippen molar-refractivity contribution in [1.29, 1.82) is 0 Å². The van der Waals surface area contributed by atoms with Crippen LogP contribution in [-0.2, 0) is 6.42 Å². The molecule has 20 heavy (non-hydrogen) atoms. The highest BCUT2D eigenvalue weighted by molar-refractivity contribution is 14.0. The van der Waals surface area contributed by atoms with Crippen molar-refractivity contribution in [2.75, 3.05) is 6.54 Å². The lowest BCUT2D eigenvalue weighted by Crippen LogP contribution is -2.41. The van der Waals surface area contributed by atoms with Crippen molar-refractivity contribution in [2.45, 2.75) is 57.9 Å². The minimum atomic E-state index is 0. The lowest BCUT2D eigenvalue weighted by atomic mass is 9.96. The molecule has 0 spiro atoms. The quantitative estimate of drug-likeness (QED) is 0.340. The number of aromatic nitrogens is 1. The molecule has 4 nitrogen and oxygen atoms in total. The Labute approximate surface area is 142 Å². The van der Waals surface area contributed by atoms with Crippen LogP contribution in [0.25, 0.3) is 0 Å². The normalized spacial score (nSPS) is 16.8. The van der Waals surface area contributed by atoms with Gasteiger partial charge in [0.15, 0.2) is 5.96 Å². The first-order valence-corrected chi connectivity index (χ1v) is 8.09. The Balaban J connectivity index is 0.00000200. The van der Waals surface area contributed by atoms with Crippen molar-refractivity contribution < 1.29 is 0 Å². The highest BCUT2D eigenvalue weighted by atomic mass is 127.